The summed E-state index contributed by atoms with van der Waals surface area (Å²) in [6.07, 6.45) is 2.78. The molecule has 0 spiro atoms. The van der Waals surface area contributed by atoms with Crippen LogP contribution in [0.5, 0.6) is 0 Å². The molecular formula is C15H14CrO7. The van der Waals surface area contributed by atoms with Crippen LogP contribution in [0, 0.1) is 39.2 Å². The Balaban J connectivity index is -0.000000156. The van der Waals surface area contributed by atoms with E-state index in [0.717, 1.165) is 11.2 Å². The van der Waals surface area contributed by atoms with E-state index >= 15 is 0 Å². The third kappa shape index (κ3) is 9.48. The topological polar surface area (TPSA) is 118 Å². The van der Waals surface area contributed by atoms with Crippen LogP contribution in [-0.4, -0.2) is 24.4 Å². The van der Waals surface area contributed by atoms with Gasteiger partial charge < -0.3 is 0 Å². The Kier molecular flexibility index (Phi) is 29.8. The average molecular weight is 358 g/mol. The van der Waals surface area contributed by atoms with Crippen LogP contribution in [0.3, 0.4) is 0 Å². The quantitative estimate of drug-likeness (QED) is 0.545. The van der Waals surface area contributed by atoms with E-state index in [1.807, 2.05) is 0 Å². The molecule has 1 aliphatic carbocycles. The molecule has 7 nitrogen and oxygen atoms in total. The fraction of sp³-hybridized carbons (Fsp3) is 0.467. The monoisotopic (exact) mass is 358 g/mol. The number of rotatable bonds is 2. The van der Waals surface area contributed by atoms with Crippen molar-refractivity contribution in [2.24, 2.45) is 5.92 Å². The van der Waals surface area contributed by atoms with Gasteiger partial charge in [0.2, 0.25) is 0 Å². The van der Waals surface area contributed by atoms with Crippen molar-refractivity contribution in [3.8, 4) is 0 Å². The Morgan fingerprint density at radius 1 is 1.04 bits per heavy atom. The fourth-order valence-corrected chi connectivity index (χ4v) is 2.66. The molecule has 0 aromatic heterocycles. The number of hydrogen-bond donors (Lipinski definition) is 0. The second-order valence-electron chi connectivity index (χ2n) is 3.63. The third-order valence-corrected chi connectivity index (χ3v) is 3.60. The van der Waals surface area contributed by atoms with Gasteiger partial charge in [-0.05, 0) is 0 Å². The van der Waals surface area contributed by atoms with Gasteiger partial charge >= 0.3 is 143 Å². The van der Waals surface area contributed by atoms with Crippen molar-refractivity contribution in [2.75, 3.05) is 13.7 Å². The zero-order chi connectivity index (χ0) is 19.4. The van der Waals surface area contributed by atoms with Crippen LogP contribution in [-0.2, 0) is 48.6 Å². The number of hydrogen-bond acceptors (Lipinski definition) is 2. The first-order chi connectivity index (χ1) is 11.3. The van der Waals surface area contributed by atoms with E-state index in [9.17, 15) is 0 Å². The number of fused-ring (bicyclic) bond motifs is 1. The van der Waals surface area contributed by atoms with E-state index in [4.69, 9.17) is 32.7 Å². The van der Waals surface area contributed by atoms with E-state index in [0.29, 0.717) is 12.0 Å². The first-order valence-corrected chi connectivity index (χ1v) is 6.32. The van der Waals surface area contributed by atoms with Crippen molar-refractivity contribution in [3.63, 3.8) is 0 Å². The Morgan fingerprint density at radius 3 is 1.87 bits per heavy atom. The van der Waals surface area contributed by atoms with Crippen molar-refractivity contribution < 1.29 is 48.6 Å². The molecule has 0 aromatic rings. The molecule has 0 amide bonds. The van der Waals surface area contributed by atoms with Crippen LogP contribution in [0.25, 0.3) is 0 Å². The zero-order valence-electron chi connectivity index (χ0n) is 12.5. The molecule has 1 heterocycles. The molecule has 0 radical (unpaired) electrons. The first kappa shape index (κ1) is 29.7. The van der Waals surface area contributed by atoms with E-state index < -0.39 is 0 Å². The molecule has 1 aliphatic heterocycles. The number of ether oxygens (including phenoxy) is 2. The minimum atomic E-state index is 0.310. The molecule has 122 valence electrons. The van der Waals surface area contributed by atoms with Gasteiger partial charge in [-0.1, -0.05) is 0 Å². The van der Waals surface area contributed by atoms with E-state index in [2.05, 4.69) is 56.0 Å². The summed E-state index contributed by atoms with van der Waals surface area (Å²) in [5.41, 5.74) is 2.70. The fourth-order valence-electron chi connectivity index (χ4n) is 2.22. The van der Waals surface area contributed by atoms with Gasteiger partial charge in [0.25, 0.3) is 0 Å². The van der Waals surface area contributed by atoms with Gasteiger partial charge in [0.05, 0.1) is 0 Å². The molecule has 0 N–H and O–H groups in total. The minimum absolute atomic E-state index is 0.310. The molecule has 0 bridgehead atoms. The maximum absolute atomic E-state index is 7.50. The van der Waals surface area contributed by atoms with Crippen LogP contribution in [0.15, 0.2) is 11.1 Å². The molecule has 1 fully saturated rings. The molecule has 0 saturated carbocycles. The van der Waals surface area contributed by atoms with Crippen LogP contribution < -0.4 is 0 Å². The molecule has 2 rings (SSSR count). The SMILES string of the molecule is CO[C](=[Cr])C1=C(C)C2CCCOC12.[C-]#[O+].[C-]#[O+].[C-]#[O+].[C-]#[O+].[C-]#[O+]. The van der Waals surface area contributed by atoms with Crippen LogP contribution in [0.4, 0.5) is 0 Å². The molecule has 1 saturated heterocycles. The predicted octanol–water partition coefficient (Wildman–Crippen LogP) is 1.25. The summed E-state index contributed by atoms with van der Waals surface area (Å²) in [6, 6.07) is 0. The summed E-state index contributed by atoms with van der Waals surface area (Å²) in [6.45, 7) is 25.6. The van der Waals surface area contributed by atoms with E-state index in [1.54, 1.807) is 7.11 Å². The van der Waals surface area contributed by atoms with E-state index in [1.165, 1.54) is 24.0 Å². The van der Waals surface area contributed by atoms with Crippen molar-refractivity contribution in [2.45, 2.75) is 25.9 Å². The van der Waals surface area contributed by atoms with Crippen LogP contribution >= 0.6 is 0 Å². The van der Waals surface area contributed by atoms with Gasteiger partial charge in [-0.3, -0.25) is 0 Å². The van der Waals surface area contributed by atoms with Crippen molar-refractivity contribution in [1.29, 1.82) is 0 Å². The maximum atomic E-state index is 7.50. The van der Waals surface area contributed by atoms with Crippen molar-refractivity contribution in [1.82, 2.24) is 0 Å². The van der Waals surface area contributed by atoms with Gasteiger partial charge in [-0.25, -0.2) is 0 Å². The molecular weight excluding hydrogens is 344 g/mol. The second kappa shape index (κ2) is 23.0. The van der Waals surface area contributed by atoms with E-state index in [-0.39, 0.29) is 0 Å². The summed E-state index contributed by atoms with van der Waals surface area (Å²) < 4.78 is 49.3. The van der Waals surface area contributed by atoms with Crippen LogP contribution in [0.1, 0.15) is 19.8 Å². The molecule has 8 heteroatoms. The normalized spacial score (nSPS) is 18.8. The molecule has 23 heavy (non-hydrogen) atoms. The van der Waals surface area contributed by atoms with Gasteiger partial charge in [-0.2, -0.15) is 0 Å². The Hall–Kier alpha value is -1.24. The third-order valence-electron chi connectivity index (χ3n) is 2.99. The summed E-state index contributed by atoms with van der Waals surface area (Å²) in [4.78, 5) is 0. The molecule has 2 atom stereocenters. The summed E-state index contributed by atoms with van der Waals surface area (Å²) in [5.74, 6) is 0.655. The summed E-state index contributed by atoms with van der Waals surface area (Å²) in [7, 11) is 1.70. The molecule has 2 aliphatic rings. The van der Waals surface area contributed by atoms with Gasteiger partial charge in [0.1, 0.15) is 0 Å². The standard InChI is InChI=1S/C10H14O2.5CO.Cr/c1-7-8-4-3-5-12-10(8)9(7)6-11-2;5*1-2;/h8,10H,3-5H2,1-2H3;;;;;;. The zero-order valence-corrected chi connectivity index (χ0v) is 13.8. The first-order valence-electron chi connectivity index (χ1n) is 5.68. The number of methoxy groups -OCH3 is 1. The Morgan fingerprint density at radius 2 is 1.48 bits per heavy atom. The van der Waals surface area contributed by atoms with Crippen LogP contribution in [0.2, 0.25) is 0 Å². The average Bonchev–Trinajstić information content (AvgIpc) is 2.69. The Labute approximate surface area is 143 Å². The molecule has 0 aromatic carbocycles. The second-order valence-corrected chi connectivity index (χ2v) is 4.21. The van der Waals surface area contributed by atoms with Gasteiger partial charge in [0, 0.05) is 0 Å². The van der Waals surface area contributed by atoms with Crippen molar-refractivity contribution in [3.05, 3.63) is 44.4 Å². The van der Waals surface area contributed by atoms with Gasteiger partial charge in [-0.15, -0.1) is 0 Å². The van der Waals surface area contributed by atoms with Crippen molar-refractivity contribution >= 4 is 4.57 Å². The predicted molar refractivity (Wildman–Crippen MR) is 66.8 cm³/mol. The molecule has 2 unspecified atom stereocenters. The Bertz CT molecular complexity index is 422. The summed E-state index contributed by atoms with van der Waals surface area (Å²) in [5, 5.41) is 0. The summed E-state index contributed by atoms with van der Waals surface area (Å²) >= 11 is 2.95. The van der Waals surface area contributed by atoms with Gasteiger partial charge in [0.15, 0.2) is 0 Å².